The van der Waals surface area contributed by atoms with Crippen LogP contribution in [0.15, 0.2) is 72.8 Å². The summed E-state index contributed by atoms with van der Waals surface area (Å²) in [5.74, 6) is 1.55. The Hall–Kier alpha value is -3.25. The van der Waals surface area contributed by atoms with Gasteiger partial charge in [0.2, 0.25) is 11.8 Å². The zero-order valence-electron chi connectivity index (χ0n) is 22.5. The molecule has 0 aliphatic carbocycles. The molecule has 0 spiro atoms. The number of rotatable bonds is 12. The fourth-order valence-electron chi connectivity index (χ4n) is 4.39. The maximum absolute atomic E-state index is 13.7. The van der Waals surface area contributed by atoms with Gasteiger partial charge in [-0.15, -0.1) is 11.8 Å². The number of carbonyl (C=O) groups is 2. The second-order valence-electron chi connectivity index (χ2n) is 9.73. The molecule has 3 aromatic carbocycles. The van der Waals surface area contributed by atoms with Gasteiger partial charge >= 0.3 is 0 Å². The van der Waals surface area contributed by atoms with Crippen LogP contribution < -0.4 is 10.1 Å². The van der Waals surface area contributed by atoms with Crippen LogP contribution in [0.25, 0.3) is 0 Å². The molecule has 6 heteroatoms. The van der Waals surface area contributed by atoms with Crippen LogP contribution in [0.5, 0.6) is 5.75 Å². The fourth-order valence-corrected chi connectivity index (χ4v) is 5.24. The number of ether oxygens (including phenoxy) is 1. The van der Waals surface area contributed by atoms with Crippen LogP contribution in [0, 0.1) is 13.8 Å². The van der Waals surface area contributed by atoms with Crippen molar-refractivity contribution in [2.75, 3.05) is 12.9 Å². The highest BCUT2D eigenvalue weighted by atomic mass is 32.2. The largest absolute Gasteiger partial charge is 0.497 e. The molecule has 2 amide bonds. The first-order chi connectivity index (χ1) is 17.7. The molecule has 196 valence electrons. The molecule has 0 saturated heterocycles. The predicted octanol–water partition coefficient (Wildman–Crippen LogP) is 5.71. The van der Waals surface area contributed by atoms with Gasteiger partial charge in [-0.2, -0.15) is 0 Å². The van der Waals surface area contributed by atoms with Crippen molar-refractivity contribution < 1.29 is 14.3 Å². The highest BCUT2D eigenvalue weighted by Crippen LogP contribution is 2.21. The molecule has 0 aliphatic heterocycles. The third-order valence-corrected chi connectivity index (χ3v) is 6.95. The van der Waals surface area contributed by atoms with E-state index in [9.17, 15) is 9.59 Å². The first-order valence-corrected chi connectivity index (χ1v) is 13.8. The molecule has 0 saturated carbocycles. The number of aryl methyl sites for hydroxylation is 2. The van der Waals surface area contributed by atoms with E-state index in [1.54, 1.807) is 23.8 Å². The van der Waals surface area contributed by atoms with Crippen LogP contribution in [0.1, 0.15) is 41.7 Å². The van der Waals surface area contributed by atoms with Crippen molar-refractivity contribution in [1.29, 1.82) is 0 Å². The maximum Gasteiger partial charge on any atom is 0.243 e. The van der Waals surface area contributed by atoms with E-state index < -0.39 is 6.04 Å². The summed E-state index contributed by atoms with van der Waals surface area (Å²) in [6.07, 6.45) is 0.441. The normalized spacial score (nSPS) is 11.7. The zero-order valence-corrected chi connectivity index (χ0v) is 23.3. The van der Waals surface area contributed by atoms with Crippen molar-refractivity contribution >= 4 is 23.6 Å². The Morgan fingerprint density at radius 3 is 2.22 bits per heavy atom. The summed E-state index contributed by atoms with van der Waals surface area (Å²) in [5, 5.41) is 3.04. The third kappa shape index (κ3) is 8.97. The van der Waals surface area contributed by atoms with Gasteiger partial charge in [0.1, 0.15) is 11.8 Å². The molecule has 3 rings (SSSR count). The molecule has 5 nitrogen and oxygen atoms in total. The first-order valence-electron chi connectivity index (χ1n) is 12.7. The molecular formula is C31H38N2O3S. The number of nitrogens with zero attached hydrogens (tertiary/aromatic N) is 1. The maximum atomic E-state index is 13.7. The summed E-state index contributed by atoms with van der Waals surface area (Å²) in [4.78, 5) is 28.9. The zero-order chi connectivity index (χ0) is 26.8. The highest BCUT2D eigenvalue weighted by Gasteiger charge is 2.30. The lowest BCUT2D eigenvalue weighted by molar-refractivity contribution is -0.139. The van der Waals surface area contributed by atoms with E-state index in [2.05, 4.69) is 37.4 Å². The van der Waals surface area contributed by atoms with E-state index in [1.165, 1.54) is 16.7 Å². The number of nitrogens with one attached hydrogen (secondary N) is 1. The van der Waals surface area contributed by atoms with E-state index in [0.29, 0.717) is 13.0 Å². The smallest absolute Gasteiger partial charge is 0.243 e. The lowest BCUT2D eigenvalue weighted by Gasteiger charge is -2.32. The Bertz CT molecular complexity index is 1160. The lowest BCUT2D eigenvalue weighted by atomic mass is 10.0. The van der Waals surface area contributed by atoms with E-state index in [-0.39, 0.29) is 23.6 Å². The van der Waals surface area contributed by atoms with E-state index in [4.69, 9.17) is 4.74 Å². The molecule has 0 unspecified atom stereocenters. The Morgan fingerprint density at radius 2 is 1.57 bits per heavy atom. The highest BCUT2D eigenvalue weighted by molar-refractivity contribution is 7.99. The van der Waals surface area contributed by atoms with Crippen molar-refractivity contribution in [3.8, 4) is 5.75 Å². The summed E-state index contributed by atoms with van der Waals surface area (Å²) >= 11 is 1.58. The average Bonchev–Trinajstić information content (AvgIpc) is 2.85. The molecule has 0 bridgehead atoms. The minimum absolute atomic E-state index is 0.0292. The summed E-state index contributed by atoms with van der Waals surface area (Å²) in [6, 6.07) is 23.3. The molecule has 0 heterocycles. The quantitative estimate of drug-likeness (QED) is 0.334. The van der Waals surface area contributed by atoms with Crippen molar-refractivity contribution in [2.24, 2.45) is 0 Å². The molecular weight excluding hydrogens is 480 g/mol. The van der Waals surface area contributed by atoms with Gasteiger partial charge in [-0.1, -0.05) is 71.8 Å². The molecule has 3 aromatic rings. The van der Waals surface area contributed by atoms with Gasteiger partial charge in [0.05, 0.1) is 12.9 Å². The van der Waals surface area contributed by atoms with Gasteiger partial charge < -0.3 is 15.0 Å². The summed E-state index contributed by atoms with van der Waals surface area (Å²) in [7, 11) is 1.62. The van der Waals surface area contributed by atoms with Gasteiger partial charge in [-0.25, -0.2) is 0 Å². The minimum Gasteiger partial charge on any atom is -0.497 e. The fraction of sp³-hybridized carbons (Fsp3) is 0.355. The van der Waals surface area contributed by atoms with Gasteiger partial charge in [-0.05, 0) is 56.5 Å². The second kappa shape index (κ2) is 13.9. The van der Waals surface area contributed by atoms with Crippen LogP contribution >= 0.6 is 11.8 Å². The third-order valence-electron chi connectivity index (χ3n) is 5.96. The Balaban J connectivity index is 1.87. The van der Waals surface area contributed by atoms with Crippen molar-refractivity contribution in [3.05, 3.63) is 101 Å². The molecule has 0 aliphatic rings. The van der Waals surface area contributed by atoms with Crippen LogP contribution in [-0.2, 0) is 28.3 Å². The number of hydrogen-bond acceptors (Lipinski definition) is 4. The first kappa shape index (κ1) is 28.3. The number of methoxy groups -OCH3 is 1. The molecule has 0 aromatic heterocycles. The number of amides is 2. The monoisotopic (exact) mass is 518 g/mol. The topological polar surface area (TPSA) is 58.6 Å². The Kier molecular flexibility index (Phi) is 10.6. The standard InChI is InChI=1S/C31H38N2O3S/c1-22(2)32-31(35)29(18-25-10-7-6-8-11-25)33(19-26-12-9-13-28(17-26)36-5)30(34)21-37-20-27-15-23(3)14-24(4)16-27/h6-17,22,29H,18-21H2,1-5H3,(H,32,35)/t29-/m0/s1. The lowest BCUT2D eigenvalue weighted by Crippen LogP contribution is -2.52. The molecule has 37 heavy (non-hydrogen) atoms. The average molecular weight is 519 g/mol. The van der Waals surface area contributed by atoms with Crippen molar-refractivity contribution in [2.45, 2.75) is 58.5 Å². The number of carbonyl (C=O) groups excluding carboxylic acids is 2. The predicted molar refractivity (Wildman–Crippen MR) is 153 cm³/mol. The minimum atomic E-state index is -0.634. The van der Waals surface area contributed by atoms with Gasteiger partial charge in [-0.3, -0.25) is 9.59 Å². The molecule has 1 N–H and O–H groups in total. The molecule has 0 radical (unpaired) electrons. The van der Waals surface area contributed by atoms with Crippen LogP contribution in [0.2, 0.25) is 0 Å². The van der Waals surface area contributed by atoms with Crippen LogP contribution in [0.4, 0.5) is 0 Å². The number of thioether (sulfide) groups is 1. The Labute approximate surface area is 225 Å². The van der Waals surface area contributed by atoms with Crippen molar-refractivity contribution in [1.82, 2.24) is 10.2 Å². The Morgan fingerprint density at radius 1 is 0.892 bits per heavy atom. The summed E-state index contributed by atoms with van der Waals surface area (Å²) < 4.78 is 5.40. The van der Waals surface area contributed by atoms with Gasteiger partial charge in [0.25, 0.3) is 0 Å². The number of hydrogen-bond donors (Lipinski definition) is 1. The number of benzene rings is 3. The van der Waals surface area contributed by atoms with E-state index in [0.717, 1.165) is 22.6 Å². The van der Waals surface area contributed by atoms with Crippen molar-refractivity contribution in [3.63, 3.8) is 0 Å². The second-order valence-corrected chi connectivity index (χ2v) is 10.7. The van der Waals surface area contributed by atoms with Crippen LogP contribution in [0.3, 0.4) is 0 Å². The SMILES string of the molecule is COc1cccc(CN(C(=O)CSCc2cc(C)cc(C)c2)[C@@H](Cc2ccccc2)C(=O)NC(C)C)c1. The van der Waals surface area contributed by atoms with Gasteiger partial charge in [0.15, 0.2) is 0 Å². The van der Waals surface area contributed by atoms with E-state index >= 15 is 0 Å². The summed E-state index contributed by atoms with van der Waals surface area (Å²) in [6.45, 7) is 8.37. The summed E-state index contributed by atoms with van der Waals surface area (Å²) in [5.41, 5.74) is 5.57. The van der Waals surface area contributed by atoms with Crippen LogP contribution in [-0.4, -0.2) is 41.7 Å². The van der Waals surface area contributed by atoms with Gasteiger partial charge in [0, 0.05) is 24.8 Å². The molecule has 0 fully saturated rings. The molecule has 1 atom stereocenters. The van der Waals surface area contributed by atoms with E-state index in [1.807, 2.05) is 68.4 Å².